The van der Waals surface area contributed by atoms with Crippen LogP contribution >= 0.6 is 11.6 Å². The van der Waals surface area contributed by atoms with Crippen LogP contribution in [0, 0.1) is 13.8 Å². The van der Waals surface area contributed by atoms with Gasteiger partial charge in [0.2, 0.25) is 15.9 Å². The predicted molar refractivity (Wildman–Crippen MR) is 107 cm³/mol. The van der Waals surface area contributed by atoms with Crippen molar-refractivity contribution in [3.05, 3.63) is 69.6 Å². The van der Waals surface area contributed by atoms with Crippen LogP contribution in [0.2, 0.25) is 5.02 Å². The molecule has 0 radical (unpaired) electrons. The molecule has 2 N–H and O–H groups in total. The van der Waals surface area contributed by atoms with Gasteiger partial charge < -0.3 is 5.32 Å². The Hall–Kier alpha value is -2.15. The van der Waals surface area contributed by atoms with Crippen LogP contribution < -0.4 is 10.0 Å². The summed E-state index contributed by atoms with van der Waals surface area (Å²) in [6, 6.07) is 12.8. The molecule has 0 heterocycles. The lowest BCUT2D eigenvalue weighted by Crippen LogP contribution is -2.26. The maximum absolute atomic E-state index is 12.0. The van der Waals surface area contributed by atoms with Gasteiger partial charge in [-0.25, -0.2) is 13.1 Å². The first-order valence-corrected chi connectivity index (χ1v) is 9.98. The molecular formula is C19H21ClN2O3S. The highest BCUT2D eigenvalue weighted by molar-refractivity contribution is 7.92. The number of halogens is 1. The summed E-state index contributed by atoms with van der Waals surface area (Å²) in [5.41, 5.74) is 3.38. The molecule has 0 saturated carbocycles. The van der Waals surface area contributed by atoms with Gasteiger partial charge in [0.15, 0.2) is 0 Å². The number of rotatable bonds is 7. The number of hydrogen-bond donors (Lipinski definition) is 2. The summed E-state index contributed by atoms with van der Waals surface area (Å²) < 4.78 is 26.3. The first-order valence-electron chi connectivity index (χ1n) is 8.05. The molecule has 5 nitrogen and oxygen atoms in total. The second-order valence-electron chi connectivity index (χ2n) is 5.93. The quantitative estimate of drug-likeness (QED) is 0.750. The van der Waals surface area contributed by atoms with E-state index in [-0.39, 0.29) is 18.9 Å². The van der Waals surface area contributed by atoms with Crippen molar-refractivity contribution in [3.8, 4) is 0 Å². The molecule has 0 fully saturated rings. The van der Waals surface area contributed by atoms with E-state index in [1.165, 1.54) is 6.08 Å². The summed E-state index contributed by atoms with van der Waals surface area (Å²) in [4.78, 5) is 11.9. The molecule has 2 aromatic carbocycles. The zero-order valence-electron chi connectivity index (χ0n) is 14.6. The Labute approximate surface area is 159 Å². The summed E-state index contributed by atoms with van der Waals surface area (Å²) in [6.45, 7) is 3.85. The van der Waals surface area contributed by atoms with E-state index in [0.717, 1.165) is 22.1 Å². The molecule has 0 saturated heterocycles. The molecule has 0 spiro atoms. The first kappa shape index (κ1) is 20.2. The van der Waals surface area contributed by atoms with Crippen LogP contribution in [-0.4, -0.2) is 20.9 Å². The van der Waals surface area contributed by atoms with Crippen molar-refractivity contribution in [3.63, 3.8) is 0 Å². The molecule has 0 aliphatic rings. The van der Waals surface area contributed by atoms with E-state index >= 15 is 0 Å². The maximum Gasteiger partial charge on any atom is 0.233 e. The molecule has 2 aromatic rings. The topological polar surface area (TPSA) is 75.3 Å². The third kappa shape index (κ3) is 6.63. The second-order valence-corrected chi connectivity index (χ2v) is 7.99. The van der Waals surface area contributed by atoms with Crippen molar-refractivity contribution in [2.24, 2.45) is 0 Å². The minimum absolute atomic E-state index is 0.00179. The number of nitrogens with one attached hydrogen (secondary N) is 2. The Bertz CT molecular complexity index is 907. The van der Waals surface area contributed by atoms with E-state index in [2.05, 4.69) is 10.0 Å². The highest BCUT2D eigenvalue weighted by Gasteiger charge is 2.09. The van der Waals surface area contributed by atoms with E-state index < -0.39 is 10.0 Å². The Morgan fingerprint density at radius 3 is 2.38 bits per heavy atom. The molecule has 0 aromatic heterocycles. The summed E-state index contributed by atoms with van der Waals surface area (Å²) in [5, 5.41) is 4.20. The largest absolute Gasteiger partial charge is 0.325 e. The van der Waals surface area contributed by atoms with E-state index in [1.54, 1.807) is 12.1 Å². The number of amides is 1. The fourth-order valence-corrected chi connectivity index (χ4v) is 3.24. The third-order valence-electron chi connectivity index (χ3n) is 3.57. The number of aryl methyl sites for hydroxylation is 2. The van der Waals surface area contributed by atoms with Gasteiger partial charge in [0.25, 0.3) is 0 Å². The van der Waals surface area contributed by atoms with E-state index in [9.17, 15) is 13.2 Å². The van der Waals surface area contributed by atoms with E-state index in [0.29, 0.717) is 10.7 Å². The van der Waals surface area contributed by atoms with Gasteiger partial charge in [-0.1, -0.05) is 47.5 Å². The Morgan fingerprint density at radius 2 is 1.73 bits per heavy atom. The van der Waals surface area contributed by atoms with Crippen LogP contribution in [0.5, 0.6) is 0 Å². The smallest absolute Gasteiger partial charge is 0.233 e. The van der Waals surface area contributed by atoms with Crippen molar-refractivity contribution in [2.45, 2.75) is 20.3 Å². The first-order chi connectivity index (χ1) is 12.2. The standard InChI is InChI=1S/C19H21ClN2O3S/c1-14-3-6-16(7-4-14)10-12-26(24,25)21-11-9-19(23)22-18-8-5-15(2)13-17(18)20/h3-8,10,12-13,21H,9,11H2,1-2H3,(H,22,23)/b12-10+. The number of carbonyl (C=O) groups is 1. The van der Waals surface area contributed by atoms with Gasteiger partial charge in [-0.05, 0) is 43.2 Å². The molecule has 0 aliphatic carbocycles. The van der Waals surface area contributed by atoms with Crippen LogP contribution in [0.3, 0.4) is 0 Å². The fourth-order valence-electron chi connectivity index (χ4n) is 2.13. The third-order valence-corrected chi connectivity index (χ3v) is 4.98. The summed E-state index contributed by atoms with van der Waals surface area (Å²) in [5.74, 6) is -0.319. The highest BCUT2D eigenvalue weighted by Crippen LogP contribution is 2.22. The Morgan fingerprint density at radius 1 is 1.08 bits per heavy atom. The number of hydrogen-bond acceptors (Lipinski definition) is 3. The molecular weight excluding hydrogens is 372 g/mol. The van der Waals surface area contributed by atoms with Crippen molar-refractivity contribution < 1.29 is 13.2 Å². The second kappa shape index (κ2) is 8.98. The Balaban J connectivity index is 1.83. The number of anilines is 1. The average Bonchev–Trinajstić information content (AvgIpc) is 2.57. The zero-order valence-corrected chi connectivity index (χ0v) is 16.2. The van der Waals surface area contributed by atoms with Crippen molar-refractivity contribution in [2.75, 3.05) is 11.9 Å². The van der Waals surface area contributed by atoms with Crippen LogP contribution in [-0.2, 0) is 14.8 Å². The van der Waals surface area contributed by atoms with Gasteiger partial charge in [-0.15, -0.1) is 0 Å². The zero-order chi connectivity index (χ0) is 19.2. The normalized spacial score (nSPS) is 11.7. The van der Waals surface area contributed by atoms with Crippen LogP contribution in [0.1, 0.15) is 23.1 Å². The van der Waals surface area contributed by atoms with Crippen molar-refractivity contribution >= 4 is 39.3 Å². The monoisotopic (exact) mass is 392 g/mol. The fraction of sp³-hybridized carbons (Fsp3) is 0.211. The lowest BCUT2D eigenvalue weighted by Gasteiger charge is -2.08. The van der Waals surface area contributed by atoms with Crippen molar-refractivity contribution in [1.29, 1.82) is 0 Å². The summed E-state index contributed by atoms with van der Waals surface area (Å²) in [7, 11) is -3.61. The molecule has 0 atom stereocenters. The highest BCUT2D eigenvalue weighted by atomic mass is 35.5. The maximum atomic E-state index is 12.0. The van der Waals surface area contributed by atoms with Gasteiger partial charge in [0.1, 0.15) is 0 Å². The lowest BCUT2D eigenvalue weighted by molar-refractivity contribution is -0.116. The van der Waals surface area contributed by atoms with Gasteiger partial charge in [-0.3, -0.25) is 4.79 Å². The van der Waals surface area contributed by atoms with E-state index in [1.807, 2.05) is 44.2 Å². The minimum atomic E-state index is -3.61. The SMILES string of the molecule is Cc1ccc(/C=C/S(=O)(=O)NCCC(=O)Nc2ccc(C)cc2Cl)cc1. The van der Waals surface area contributed by atoms with Crippen LogP contribution in [0.4, 0.5) is 5.69 Å². The van der Waals surface area contributed by atoms with Crippen LogP contribution in [0.15, 0.2) is 47.9 Å². The molecule has 26 heavy (non-hydrogen) atoms. The molecule has 0 bridgehead atoms. The molecule has 138 valence electrons. The van der Waals surface area contributed by atoms with Gasteiger partial charge in [0, 0.05) is 18.4 Å². The summed E-state index contributed by atoms with van der Waals surface area (Å²) >= 11 is 6.05. The average molecular weight is 393 g/mol. The summed E-state index contributed by atoms with van der Waals surface area (Å²) in [6.07, 6.45) is 1.51. The van der Waals surface area contributed by atoms with Gasteiger partial charge in [-0.2, -0.15) is 0 Å². The van der Waals surface area contributed by atoms with E-state index in [4.69, 9.17) is 11.6 Å². The number of benzene rings is 2. The lowest BCUT2D eigenvalue weighted by atomic mass is 10.2. The number of sulfonamides is 1. The van der Waals surface area contributed by atoms with Crippen molar-refractivity contribution in [1.82, 2.24) is 4.72 Å². The van der Waals surface area contributed by atoms with Gasteiger partial charge >= 0.3 is 0 Å². The molecule has 2 rings (SSSR count). The molecule has 0 unspecified atom stereocenters. The Kier molecular flexibility index (Phi) is 6.97. The molecule has 1 amide bonds. The molecule has 0 aliphatic heterocycles. The van der Waals surface area contributed by atoms with Gasteiger partial charge in [0.05, 0.1) is 10.7 Å². The number of carbonyl (C=O) groups excluding carboxylic acids is 1. The van der Waals surface area contributed by atoms with Crippen LogP contribution in [0.25, 0.3) is 6.08 Å². The predicted octanol–water partition coefficient (Wildman–Crippen LogP) is 3.88. The minimum Gasteiger partial charge on any atom is -0.325 e. The molecule has 7 heteroatoms.